The summed E-state index contributed by atoms with van der Waals surface area (Å²) in [6.07, 6.45) is 6.20. The van der Waals surface area contributed by atoms with Crippen LogP contribution in [0.5, 0.6) is 5.75 Å². The number of carbonyl (C=O) groups is 1. The second kappa shape index (κ2) is 6.66. The maximum atomic E-state index is 12.2. The lowest BCUT2D eigenvalue weighted by atomic mass is 10.1. The van der Waals surface area contributed by atoms with E-state index in [1.807, 2.05) is 18.4 Å². The fourth-order valence-corrected chi connectivity index (χ4v) is 2.83. The number of allylic oxidation sites excluding steroid dienone is 1. The molecule has 4 heteroatoms. The minimum atomic E-state index is 0.0545. The van der Waals surface area contributed by atoms with Crippen LogP contribution in [-0.4, -0.2) is 37.1 Å². The van der Waals surface area contributed by atoms with E-state index in [1.54, 1.807) is 37.1 Å². The van der Waals surface area contributed by atoms with Crippen LogP contribution in [0.1, 0.15) is 23.2 Å². The highest BCUT2D eigenvalue weighted by molar-refractivity contribution is 8.02. The van der Waals surface area contributed by atoms with Crippen molar-refractivity contribution in [2.45, 2.75) is 12.8 Å². The average Bonchev–Trinajstić information content (AvgIpc) is 2.98. The van der Waals surface area contributed by atoms with E-state index in [2.05, 4.69) is 4.90 Å². The summed E-state index contributed by atoms with van der Waals surface area (Å²) in [5.41, 5.74) is 0.701. The molecule has 0 aliphatic carbocycles. The number of benzene rings is 1. The molecule has 1 aliphatic heterocycles. The standard InChI is InChI=1S/C15H19NO2S/c1-18-13-7-5-12(6-8-13)14(17)11-15(19-2)16-9-3-4-10-16/h5-8,11H,3-4,9-10H2,1-2H3/b15-11-. The Morgan fingerprint density at radius 3 is 2.42 bits per heavy atom. The van der Waals surface area contributed by atoms with Crippen LogP contribution in [-0.2, 0) is 0 Å². The van der Waals surface area contributed by atoms with Crippen molar-refractivity contribution >= 4 is 17.5 Å². The van der Waals surface area contributed by atoms with Crippen LogP contribution in [0, 0.1) is 0 Å². The molecule has 102 valence electrons. The lowest BCUT2D eigenvalue weighted by Gasteiger charge is -2.19. The van der Waals surface area contributed by atoms with Gasteiger partial charge in [0.1, 0.15) is 5.75 Å². The van der Waals surface area contributed by atoms with E-state index in [4.69, 9.17) is 4.74 Å². The molecule has 0 saturated carbocycles. The number of likely N-dealkylation sites (tertiary alicyclic amines) is 1. The molecule has 0 bridgehead atoms. The lowest BCUT2D eigenvalue weighted by molar-refractivity contribution is 0.104. The number of ether oxygens (including phenoxy) is 1. The molecule has 1 saturated heterocycles. The maximum Gasteiger partial charge on any atom is 0.188 e. The molecule has 19 heavy (non-hydrogen) atoms. The van der Waals surface area contributed by atoms with Gasteiger partial charge in [-0.15, -0.1) is 11.8 Å². The molecule has 1 heterocycles. The molecule has 0 spiro atoms. The van der Waals surface area contributed by atoms with Gasteiger partial charge >= 0.3 is 0 Å². The minimum absolute atomic E-state index is 0.0545. The molecule has 0 N–H and O–H groups in total. The predicted molar refractivity (Wildman–Crippen MR) is 79.7 cm³/mol. The molecule has 1 aromatic carbocycles. The van der Waals surface area contributed by atoms with Crippen LogP contribution >= 0.6 is 11.8 Å². The van der Waals surface area contributed by atoms with Crippen LogP contribution in [0.15, 0.2) is 35.4 Å². The number of carbonyl (C=O) groups excluding carboxylic acids is 1. The molecular formula is C15H19NO2S. The summed E-state index contributed by atoms with van der Waals surface area (Å²) in [5, 5.41) is 1.07. The van der Waals surface area contributed by atoms with Crippen LogP contribution in [0.4, 0.5) is 0 Å². The minimum Gasteiger partial charge on any atom is -0.497 e. The van der Waals surface area contributed by atoms with E-state index in [0.717, 1.165) is 23.9 Å². The zero-order valence-electron chi connectivity index (χ0n) is 11.4. The molecule has 0 aromatic heterocycles. The third-order valence-corrected chi connectivity index (χ3v) is 4.05. The topological polar surface area (TPSA) is 29.5 Å². The number of methoxy groups -OCH3 is 1. The normalized spacial score (nSPS) is 15.7. The van der Waals surface area contributed by atoms with Crippen molar-refractivity contribution in [3.8, 4) is 5.75 Å². The molecule has 0 atom stereocenters. The summed E-state index contributed by atoms with van der Waals surface area (Å²) >= 11 is 1.64. The summed E-state index contributed by atoms with van der Waals surface area (Å²) in [4.78, 5) is 14.5. The Balaban J connectivity index is 2.12. The number of hydrogen-bond donors (Lipinski definition) is 0. The number of ketones is 1. The molecule has 2 rings (SSSR count). The summed E-state index contributed by atoms with van der Waals surface area (Å²) in [6.45, 7) is 2.12. The first-order valence-corrected chi connectivity index (χ1v) is 7.66. The summed E-state index contributed by atoms with van der Waals surface area (Å²) < 4.78 is 5.09. The van der Waals surface area contributed by atoms with Crippen molar-refractivity contribution in [3.63, 3.8) is 0 Å². The van der Waals surface area contributed by atoms with E-state index in [1.165, 1.54) is 12.8 Å². The highest BCUT2D eigenvalue weighted by Crippen LogP contribution is 2.23. The second-order valence-electron chi connectivity index (χ2n) is 4.47. The SMILES string of the molecule is COc1ccc(C(=O)/C=C(\SC)N2CCCC2)cc1. The monoisotopic (exact) mass is 277 g/mol. The zero-order chi connectivity index (χ0) is 13.7. The van der Waals surface area contributed by atoms with Crippen LogP contribution < -0.4 is 4.74 Å². The van der Waals surface area contributed by atoms with Gasteiger partial charge in [0.25, 0.3) is 0 Å². The van der Waals surface area contributed by atoms with Crippen molar-refractivity contribution < 1.29 is 9.53 Å². The molecule has 3 nitrogen and oxygen atoms in total. The van der Waals surface area contributed by atoms with Gasteiger partial charge in [0, 0.05) is 24.7 Å². The quantitative estimate of drug-likeness (QED) is 0.611. The van der Waals surface area contributed by atoms with Gasteiger partial charge in [-0.3, -0.25) is 4.79 Å². The van der Waals surface area contributed by atoms with Gasteiger partial charge in [0.15, 0.2) is 5.78 Å². The Labute approximate surface area is 118 Å². The molecule has 1 aromatic rings. The first kappa shape index (κ1) is 14.0. The number of hydrogen-bond acceptors (Lipinski definition) is 4. The Hall–Kier alpha value is -1.42. The van der Waals surface area contributed by atoms with Gasteiger partial charge < -0.3 is 9.64 Å². The molecule has 0 amide bonds. The second-order valence-corrected chi connectivity index (χ2v) is 5.30. The maximum absolute atomic E-state index is 12.2. The van der Waals surface area contributed by atoms with E-state index in [0.29, 0.717) is 5.56 Å². The summed E-state index contributed by atoms with van der Waals surface area (Å²) in [6, 6.07) is 7.24. The van der Waals surface area contributed by atoms with Crippen molar-refractivity contribution in [2.24, 2.45) is 0 Å². The highest BCUT2D eigenvalue weighted by atomic mass is 32.2. The van der Waals surface area contributed by atoms with E-state index < -0.39 is 0 Å². The molecular weight excluding hydrogens is 258 g/mol. The van der Waals surface area contributed by atoms with Crippen LogP contribution in [0.2, 0.25) is 0 Å². The Bertz CT molecular complexity index is 462. The first-order chi connectivity index (χ1) is 9.24. The van der Waals surface area contributed by atoms with E-state index in [-0.39, 0.29) is 5.78 Å². The van der Waals surface area contributed by atoms with Crippen molar-refractivity contribution in [2.75, 3.05) is 26.5 Å². The van der Waals surface area contributed by atoms with Crippen molar-refractivity contribution in [3.05, 3.63) is 40.9 Å². The third kappa shape index (κ3) is 3.53. The highest BCUT2D eigenvalue weighted by Gasteiger charge is 2.15. The number of thioether (sulfide) groups is 1. The van der Waals surface area contributed by atoms with E-state index in [9.17, 15) is 4.79 Å². The van der Waals surface area contributed by atoms with Crippen molar-refractivity contribution in [1.29, 1.82) is 0 Å². The van der Waals surface area contributed by atoms with Gasteiger partial charge in [0.05, 0.1) is 12.1 Å². The number of nitrogens with zero attached hydrogens (tertiary/aromatic N) is 1. The lowest BCUT2D eigenvalue weighted by Crippen LogP contribution is -2.17. The molecule has 0 unspecified atom stereocenters. The fraction of sp³-hybridized carbons (Fsp3) is 0.400. The van der Waals surface area contributed by atoms with Gasteiger partial charge in [-0.1, -0.05) is 0 Å². The number of rotatable bonds is 5. The average molecular weight is 277 g/mol. The zero-order valence-corrected chi connectivity index (χ0v) is 12.2. The Morgan fingerprint density at radius 2 is 1.89 bits per heavy atom. The first-order valence-electron chi connectivity index (χ1n) is 6.43. The predicted octanol–water partition coefficient (Wildman–Crippen LogP) is 3.18. The van der Waals surface area contributed by atoms with Gasteiger partial charge in [-0.25, -0.2) is 0 Å². The van der Waals surface area contributed by atoms with Gasteiger partial charge in [-0.05, 0) is 43.4 Å². The fourth-order valence-electron chi connectivity index (χ4n) is 2.17. The van der Waals surface area contributed by atoms with Crippen LogP contribution in [0.3, 0.4) is 0 Å². The smallest absolute Gasteiger partial charge is 0.188 e. The van der Waals surface area contributed by atoms with Gasteiger partial charge in [-0.2, -0.15) is 0 Å². The molecule has 0 radical (unpaired) electrons. The van der Waals surface area contributed by atoms with Gasteiger partial charge in [0.2, 0.25) is 0 Å². The third-order valence-electron chi connectivity index (χ3n) is 3.26. The molecule has 1 aliphatic rings. The molecule has 1 fully saturated rings. The van der Waals surface area contributed by atoms with Crippen LogP contribution in [0.25, 0.3) is 0 Å². The van der Waals surface area contributed by atoms with Crippen molar-refractivity contribution in [1.82, 2.24) is 4.90 Å². The summed E-state index contributed by atoms with van der Waals surface area (Å²) in [7, 11) is 1.62. The van der Waals surface area contributed by atoms with E-state index >= 15 is 0 Å². The largest absolute Gasteiger partial charge is 0.497 e. The Morgan fingerprint density at radius 1 is 1.26 bits per heavy atom. The Kier molecular flexibility index (Phi) is 4.91. The summed E-state index contributed by atoms with van der Waals surface area (Å²) in [5.74, 6) is 0.823.